The third kappa shape index (κ3) is 3.25. The lowest BCUT2D eigenvalue weighted by molar-refractivity contribution is 0.373. The fourth-order valence-electron chi connectivity index (χ4n) is 1.90. The number of aromatic amines is 1. The fraction of sp³-hybridized carbons (Fsp3) is 0.231. The minimum Gasteiger partial charge on any atom is -0.339 e. The smallest absolute Gasteiger partial charge is 0.227 e. The summed E-state index contributed by atoms with van der Waals surface area (Å²) >= 11 is 5.97. The van der Waals surface area contributed by atoms with Crippen molar-refractivity contribution in [3.05, 3.63) is 58.5 Å². The topological polar surface area (TPSA) is 80.5 Å². The maximum Gasteiger partial charge on any atom is 0.227 e. The Labute approximate surface area is 124 Å². The zero-order valence-electron chi connectivity index (χ0n) is 10.9. The third-order valence-electron chi connectivity index (χ3n) is 2.95. The summed E-state index contributed by atoms with van der Waals surface area (Å²) in [5.41, 5.74) is 0.363. The zero-order valence-corrected chi connectivity index (χ0v) is 11.6. The van der Waals surface area contributed by atoms with Crippen LogP contribution < -0.4 is 0 Å². The summed E-state index contributed by atoms with van der Waals surface area (Å²) in [5.74, 6) is 1.23. The van der Waals surface area contributed by atoms with E-state index in [9.17, 15) is 4.39 Å². The quantitative estimate of drug-likeness (QED) is 0.782. The summed E-state index contributed by atoms with van der Waals surface area (Å²) in [7, 11) is 0. The lowest BCUT2D eigenvalue weighted by Crippen LogP contribution is -1.97. The van der Waals surface area contributed by atoms with Crippen LogP contribution in [0.25, 0.3) is 0 Å². The van der Waals surface area contributed by atoms with E-state index in [1.54, 1.807) is 12.1 Å². The van der Waals surface area contributed by atoms with E-state index >= 15 is 0 Å². The standard InChI is InChI=1S/C13H11ClFN5O/c14-9-2-1-3-10(15)8(9)6-12-18-13(21-20-12)5-4-11-16-7-17-19-11/h1-3,7H,4-6H2,(H,16,17,19). The molecule has 21 heavy (non-hydrogen) atoms. The molecule has 0 spiro atoms. The van der Waals surface area contributed by atoms with E-state index in [2.05, 4.69) is 25.3 Å². The van der Waals surface area contributed by atoms with Gasteiger partial charge in [0.15, 0.2) is 5.82 Å². The van der Waals surface area contributed by atoms with Crippen LogP contribution in [0.4, 0.5) is 4.39 Å². The number of nitrogens with zero attached hydrogens (tertiary/aromatic N) is 4. The Morgan fingerprint density at radius 1 is 1.29 bits per heavy atom. The van der Waals surface area contributed by atoms with Crippen molar-refractivity contribution in [3.63, 3.8) is 0 Å². The van der Waals surface area contributed by atoms with Crippen LogP contribution in [0, 0.1) is 5.82 Å². The number of hydrogen-bond acceptors (Lipinski definition) is 5. The van der Waals surface area contributed by atoms with Crippen LogP contribution in [0.15, 0.2) is 29.0 Å². The van der Waals surface area contributed by atoms with Gasteiger partial charge in [0.05, 0.1) is 0 Å². The number of nitrogens with one attached hydrogen (secondary N) is 1. The van der Waals surface area contributed by atoms with Gasteiger partial charge in [-0.2, -0.15) is 10.1 Å². The number of benzene rings is 1. The molecule has 3 aromatic rings. The Bertz CT molecular complexity index is 708. The van der Waals surface area contributed by atoms with Gasteiger partial charge in [-0.1, -0.05) is 22.8 Å². The predicted molar refractivity (Wildman–Crippen MR) is 72.3 cm³/mol. The summed E-state index contributed by atoms with van der Waals surface area (Å²) in [4.78, 5) is 8.23. The Kier molecular flexibility index (Phi) is 3.92. The number of H-pyrrole nitrogens is 1. The minimum atomic E-state index is -0.379. The first-order valence-electron chi connectivity index (χ1n) is 6.31. The van der Waals surface area contributed by atoms with Gasteiger partial charge in [-0.3, -0.25) is 5.10 Å². The first kappa shape index (κ1) is 13.7. The van der Waals surface area contributed by atoms with Crippen molar-refractivity contribution in [2.45, 2.75) is 19.3 Å². The third-order valence-corrected chi connectivity index (χ3v) is 3.30. The molecule has 0 amide bonds. The molecule has 0 bridgehead atoms. The van der Waals surface area contributed by atoms with Gasteiger partial charge in [-0.05, 0) is 12.1 Å². The van der Waals surface area contributed by atoms with Crippen LogP contribution >= 0.6 is 11.6 Å². The molecule has 0 saturated heterocycles. The molecule has 6 nitrogen and oxygen atoms in total. The van der Waals surface area contributed by atoms with Crippen molar-refractivity contribution >= 4 is 11.6 Å². The van der Waals surface area contributed by atoms with Crippen LogP contribution in [-0.2, 0) is 19.3 Å². The summed E-state index contributed by atoms with van der Waals surface area (Å²) in [6.07, 6.45) is 2.78. The summed E-state index contributed by atoms with van der Waals surface area (Å²) in [5, 5.41) is 10.7. The van der Waals surface area contributed by atoms with Crippen molar-refractivity contribution < 1.29 is 8.91 Å². The van der Waals surface area contributed by atoms with Crippen LogP contribution in [0.5, 0.6) is 0 Å². The molecule has 108 valence electrons. The molecule has 1 N–H and O–H groups in total. The van der Waals surface area contributed by atoms with E-state index in [1.807, 2.05) is 0 Å². The molecule has 0 fully saturated rings. The molecule has 0 unspecified atom stereocenters. The molecule has 3 rings (SSSR count). The monoisotopic (exact) mass is 307 g/mol. The van der Waals surface area contributed by atoms with E-state index < -0.39 is 0 Å². The van der Waals surface area contributed by atoms with Gasteiger partial charge in [-0.15, -0.1) is 0 Å². The Hall–Kier alpha value is -2.28. The second kappa shape index (κ2) is 6.01. The van der Waals surface area contributed by atoms with Gasteiger partial charge >= 0.3 is 0 Å². The van der Waals surface area contributed by atoms with Gasteiger partial charge in [0.2, 0.25) is 5.89 Å². The van der Waals surface area contributed by atoms with Crippen LogP contribution in [0.1, 0.15) is 23.1 Å². The van der Waals surface area contributed by atoms with E-state index in [0.717, 1.165) is 5.82 Å². The van der Waals surface area contributed by atoms with Crippen molar-refractivity contribution in [2.24, 2.45) is 0 Å². The highest BCUT2D eigenvalue weighted by Gasteiger charge is 2.13. The van der Waals surface area contributed by atoms with Crippen LogP contribution in [0.3, 0.4) is 0 Å². The minimum absolute atomic E-state index is 0.192. The summed E-state index contributed by atoms with van der Waals surface area (Å²) < 4.78 is 18.8. The van der Waals surface area contributed by atoms with Gasteiger partial charge in [0.1, 0.15) is 18.0 Å². The van der Waals surface area contributed by atoms with Gasteiger partial charge < -0.3 is 4.52 Å². The largest absolute Gasteiger partial charge is 0.339 e. The molecular weight excluding hydrogens is 297 g/mol. The highest BCUT2D eigenvalue weighted by atomic mass is 35.5. The summed E-state index contributed by atoms with van der Waals surface area (Å²) in [6, 6.07) is 4.54. The highest BCUT2D eigenvalue weighted by molar-refractivity contribution is 6.31. The number of hydrogen-bond donors (Lipinski definition) is 1. The molecule has 1 aromatic carbocycles. The number of aromatic nitrogens is 5. The van der Waals surface area contributed by atoms with Crippen LogP contribution in [0.2, 0.25) is 5.02 Å². The lowest BCUT2D eigenvalue weighted by Gasteiger charge is -2.01. The second-order valence-electron chi connectivity index (χ2n) is 4.41. The van der Waals surface area contributed by atoms with E-state index in [-0.39, 0.29) is 12.2 Å². The molecule has 0 aliphatic rings. The number of aryl methyl sites for hydroxylation is 2. The maximum absolute atomic E-state index is 13.7. The average molecular weight is 308 g/mol. The maximum atomic E-state index is 13.7. The van der Waals surface area contributed by atoms with Gasteiger partial charge in [0.25, 0.3) is 0 Å². The molecule has 0 aliphatic carbocycles. The molecule has 2 aromatic heterocycles. The zero-order chi connectivity index (χ0) is 14.7. The van der Waals surface area contributed by atoms with Crippen molar-refractivity contribution in [1.29, 1.82) is 0 Å². The SMILES string of the molecule is Fc1cccc(Cl)c1Cc1noc(CCc2ncn[nH]2)n1. The first-order chi connectivity index (χ1) is 10.2. The van der Waals surface area contributed by atoms with Crippen molar-refractivity contribution in [3.8, 4) is 0 Å². The highest BCUT2D eigenvalue weighted by Crippen LogP contribution is 2.21. The normalized spacial score (nSPS) is 11.0. The number of rotatable bonds is 5. The molecule has 0 saturated carbocycles. The second-order valence-corrected chi connectivity index (χ2v) is 4.82. The fourth-order valence-corrected chi connectivity index (χ4v) is 2.13. The molecular formula is C13H11ClFN5O. The first-order valence-corrected chi connectivity index (χ1v) is 6.69. The Morgan fingerprint density at radius 2 is 2.19 bits per heavy atom. The van der Waals surface area contributed by atoms with Gasteiger partial charge in [0, 0.05) is 29.8 Å². The molecule has 0 atom stereocenters. The van der Waals surface area contributed by atoms with E-state index in [0.29, 0.717) is 35.1 Å². The number of halogens is 2. The Balaban J connectivity index is 1.67. The van der Waals surface area contributed by atoms with Crippen molar-refractivity contribution in [2.75, 3.05) is 0 Å². The predicted octanol–water partition coefficient (Wildman–Crippen LogP) is 2.36. The van der Waals surface area contributed by atoms with Crippen LogP contribution in [-0.4, -0.2) is 25.3 Å². The summed E-state index contributed by atoms with van der Waals surface area (Å²) in [6.45, 7) is 0. The van der Waals surface area contributed by atoms with E-state index in [1.165, 1.54) is 12.4 Å². The molecule has 2 heterocycles. The molecule has 0 aliphatic heterocycles. The average Bonchev–Trinajstić information content (AvgIpc) is 3.12. The Morgan fingerprint density at radius 3 is 2.95 bits per heavy atom. The van der Waals surface area contributed by atoms with Gasteiger partial charge in [-0.25, -0.2) is 9.37 Å². The van der Waals surface area contributed by atoms with E-state index in [4.69, 9.17) is 16.1 Å². The lowest BCUT2D eigenvalue weighted by atomic mass is 10.1. The van der Waals surface area contributed by atoms with Crippen molar-refractivity contribution in [1.82, 2.24) is 25.3 Å². The molecule has 0 radical (unpaired) electrons. The molecule has 8 heteroatoms.